The first kappa shape index (κ1) is 17.6. The monoisotopic (exact) mass is 367 g/mol. The molecular formula is C19H17N3O3S. The Morgan fingerprint density at radius 1 is 1.08 bits per heavy atom. The van der Waals surface area contributed by atoms with Crippen molar-refractivity contribution >= 4 is 28.5 Å². The summed E-state index contributed by atoms with van der Waals surface area (Å²) in [7, 11) is 1.34. The number of carbonyl (C=O) groups is 2. The molecule has 132 valence electrons. The van der Waals surface area contributed by atoms with Crippen LogP contribution >= 0.6 is 11.3 Å². The van der Waals surface area contributed by atoms with Crippen molar-refractivity contribution in [1.29, 1.82) is 0 Å². The standard InChI is InChI=1S/C19H17N3O3S/c1-25-17(23)15-9-7-14(8-10-15)16-12-26-19(21-16)22-18(24)20-11-13-5-3-2-4-6-13/h2-10,12H,11H2,1H3,(H2,20,21,22,24). The van der Waals surface area contributed by atoms with Gasteiger partial charge in [-0.1, -0.05) is 42.5 Å². The van der Waals surface area contributed by atoms with Crippen molar-refractivity contribution in [3.8, 4) is 11.3 Å². The van der Waals surface area contributed by atoms with E-state index < -0.39 is 0 Å². The third-order valence-electron chi connectivity index (χ3n) is 3.62. The van der Waals surface area contributed by atoms with Gasteiger partial charge in [-0.05, 0) is 17.7 Å². The van der Waals surface area contributed by atoms with Crippen LogP contribution < -0.4 is 10.6 Å². The van der Waals surface area contributed by atoms with Gasteiger partial charge in [0.05, 0.1) is 18.4 Å². The molecule has 0 saturated heterocycles. The lowest BCUT2D eigenvalue weighted by Crippen LogP contribution is -2.28. The first-order chi connectivity index (χ1) is 12.7. The van der Waals surface area contributed by atoms with E-state index in [1.54, 1.807) is 24.3 Å². The lowest BCUT2D eigenvalue weighted by molar-refractivity contribution is 0.0600. The van der Waals surface area contributed by atoms with Crippen molar-refractivity contribution < 1.29 is 14.3 Å². The highest BCUT2D eigenvalue weighted by molar-refractivity contribution is 7.14. The Hall–Kier alpha value is -3.19. The van der Waals surface area contributed by atoms with Gasteiger partial charge in [-0.3, -0.25) is 5.32 Å². The number of nitrogens with zero attached hydrogens (tertiary/aromatic N) is 1. The van der Waals surface area contributed by atoms with E-state index in [0.717, 1.165) is 16.8 Å². The number of amides is 2. The van der Waals surface area contributed by atoms with Crippen LogP contribution in [0.1, 0.15) is 15.9 Å². The summed E-state index contributed by atoms with van der Waals surface area (Å²) in [4.78, 5) is 27.8. The van der Waals surface area contributed by atoms with Crippen LogP contribution in [0.15, 0.2) is 60.0 Å². The van der Waals surface area contributed by atoms with Crippen LogP contribution in [0, 0.1) is 0 Å². The number of ether oxygens (including phenoxy) is 1. The Morgan fingerprint density at radius 3 is 2.50 bits per heavy atom. The van der Waals surface area contributed by atoms with E-state index in [0.29, 0.717) is 17.2 Å². The molecule has 0 atom stereocenters. The fraction of sp³-hybridized carbons (Fsp3) is 0.105. The molecule has 0 aliphatic heterocycles. The molecular weight excluding hydrogens is 350 g/mol. The summed E-state index contributed by atoms with van der Waals surface area (Å²) in [5.74, 6) is -0.382. The maximum Gasteiger partial charge on any atom is 0.337 e. The minimum absolute atomic E-state index is 0.309. The van der Waals surface area contributed by atoms with Gasteiger partial charge < -0.3 is 10.1 Å². The maximum absolute atomic E-state index is 12.0. The molecule has 3 aromatic rings. The summed E-state index contributed by atoms with van der Waals surface area (Å²) in [6, 6.07) is 16.3. The first-order valence-electron chi connectivity index (χ1n) is 7.89. The second kappa shape index (κ2) is 8.26. The number of aromatic nitrogens is 1. The van der Waals surface area contributed by atoms with Crippen LogP contribution in [-0.4, -0.2) is 24.1 Å². The second-order valence-electron chi connectivity index (χ2n) is 5.40. The van der Waals surface area contributed by atoms with Crippen molar-refractivity contribution in [2.45, 2.75) is 6.54 Å². The van der Waals surface area contributed by atoms with Gasteiger partial charge in [0.15, 0.2) is 5.13 Å². The highest BCUT2D eigenvalue weighted by atomic mass is 32.1. The number of rotatable bonds is 5. The van der Waals surface area contributed by atoms with E-state index in [9.17, 15) is 9.59 Å². The van der Waals surface area contributed by atoms with Crippen molar-refractivity contribution in [3.63, 3.8) is 0 Å². The summed E-state index contributed by atoms with van der Waals surface area (Å²) in [5.41, 5.74) is 3.08. The number of urea groups is 1. The SMILES string of the molecule is COC(=O)c1ccc(-c2csc(NC(=O)NCc3ccccc3)n2)cc1. The van der Waals surface area contributed by atoms with Gasteiger partial charge in [-0.2, -0.15) is 0 Å². The van der Waals surface area contributed by atoms with E-state index in [1.165, 1.54) is 18.4 Å². The average molecular weight is 367 g/mol. The van der Waals surface area contributed by atoms with Gasteiger partial charge in [0, 0.05) is 17.5 Å². The zero-order valence-corrected chi connectivity index (χ0v) is 14.9. The third kappa shape index (κ3) is 4.46. The van der Waals surface area contributed by atoms with Crippen molar-refractivity contribution in [1.82, 2.24) is 10.3 Å². The van der Waals surface area contributed by atoms with Crippen LogP contribution in [-0.2, 0) is 11.3 Å². The van der Waals surface area contributed by atoms with Crippen LogP contribution in [0.3, 0.4) is 0 Å². The zero-order valence-electron chi connectivity index (χ0n) is 14.1. The molecule has 7 heteroatoms. The normalized spacial score (nSPS) is 10.2. The number of methoxy groups -OCH3 is 1. The summed E-state index contributed by atoms with van der Waals surface area (Å²) in [5, 5.41) is 7.86. The topological polar surface area (TPSA) is 80.3 Å². The van der Waals surface area contributed by atoms with E-state index in [4.69, 9.17) is 0 Å². The zero-order chi connectivity index (χ0) is 18.4. The minimum Gasteiger partial charge on any atom is -0.465 e. The molecule has 0 bridgehead atoms. The van der Waals surface area contributed by atoms with Crippen molar-refractivity contribution in [3.05, 3.63) is 71.1 Å². The Balaban J connectivity index is 1.59. The van der Waals surface area contributed by atoms with Crippen molar-refractivity contribution in [2.24, 2.45) is 0 Å². The quantitative estimate of drug-likeness (QED) is 0.670. The predicted molar refractivity (Wildman–Crippen MR) is 101 cm³/mol. The largest absolute Gasteiger partial charge is 0.465 e. The molecule has 2 aromatic carbocycles. The summed E-state index contributed by atoms with van der Waals surface area (Å²) in [6.45, 7) is 0.444. The molecule has 6 nitrogen and oxygen atoms in total. The smallest absolute Gasteiger partial charge is 0.337 e. The van der Waals surface area contributed by atoms with Gasteiger partial charge in [-0.25, -0.2) is 14.6 Å². The molecule has 1 heterocycles. The molecule has 1 aromatic heterocycles. The molecule has 0 spiro atoms. The van der Waals surface area contributed by atoms with Gasteiger partial charge in [0.25, 0.3) is 0 Å². The molecule has 0 aliphatic carbocycles. The fourth-order valence-corrected chi connectivity index (χ4v) is 2.99. The van der Waals surface area contributed by atoms with Crippen LogP contribution in [0.4, 0.5) is 9.93 Å². The van der Waals surface area contributed by atoms with Crippen LogP contribution in [0.2, 0.25) is 0 Å². The molecule has 0 unspecified atom stereocenters. The predicted octanol–water partition coefficient (Wildman–Crippen LogP) is 3.92. The Kier molecular flexibility index (Phi) is 5.60. The van der Waals surface area contributed by atoms with E-state index in [1.807, 2.05) is 35.7 Å². The third-order valence-corrected chi connectivity index (χ3v) is 4.38. The van der Waals surface area contributed by atoms with E-state index >= 15 is 0 Å². The summed E-state index contributed by atoms with van der Waals surface area (Å²) < 4.78 is 4.68. The molecule has 0 fully saturated rings. The van der Waals surface area contributed by atoms with Crippen molar-refractivity contribution in [2.75, 3.05) is 12.4 Å². The molecule has 2 N–H and O–H groups in total. The van der Waals surface area contributed by atoms with Gasteiger partial charge in [-0.15, -0.1) is 11.3 Å². The number of esters is 1. The Morgan fingerprint density at radius 2 is 1.81 bits per heavy atom. The number of anilines is 1. The van der Waals surface area contributed by atoms with Crippen LogP contribution in [0.5, 0.6) is 0 Å². The Labute approximate surface area is 154 Å². The molecule has 3 rings (SSSR count). The minimum atomic E-state index is -0.382. The fourth-order valence-electron chi connectivity index (χ4n) is 2.28. The van der Waals surface area contributed by atoms with E-state index in [-0.39, 0.29) is 12.0 Å². The lowest BCUT2D eigenvalue weighted by atomic mass is 10.1. The lowest BCUT2D eigenvalue weighted by Gasteiger charge is -2.05. The molecule has 0 radical (unpaired) electrons. The average Bonchev–Trinajstić information content (AvgIpc) is 3.15. The second-order valence-corrected chi connectivity index (χ2v) is 6.26. The summed E-state index contributed by atoms with van der Waals surface area (Å²) in [6.07, 6.45) is 0. The number of nitrogens with one attached hydrogen (secondary N) is 2. The molecule has 0 saturated carbocycles. The molecule has 0 aliphatic rings. The number of carbonyl (C=O) groups excluding carboxylic acids is 2. The number of benzene rings is 2. The van der Waals surface area contributed by atoms with Crippen LogP contribution in [0.25, 0.3) is 11.3 Å². The first-order valence-corrected chi connectivity index (χ1v) is 8.77. The molecule has 2 amide bonds. The van der Waals surface area contributed by atoms with Gasteiger partial charge in [0.1, 0.15) is 0 Å². The van der Waals surface area contributed by atoms with Gasteiger partial charge >= 0.3 is 12.0 Å². The number of thiazole rings is 1. The Bertz CT molecular complexity index is 892. The number of hydrogen-bond donors (Lipinski definition) is 2. The van der Waals surface area contributed by atoms with E-state index in [2.05, 4.69) is 20.4 Å². The summed E-state index contributed by atoms with van der Waals surface area (Å²) >= 11 is 1.33. The highest BCUT2D eigenvalue weighted by Crippen LogP contribution is 2.25. The highest BCUT2D eigenvalue weighted by Gasteiger charge is 2.09. The maximum atomic E-state index is 12.0. The molecule has 26 heavy (non-hydrogen) atoms. The van der Waals surface area contributed by atoms with Gasteiger partial charge in [0.2, 0.25) is 0 Å². The number of hydrogen-bond acceptors (Lipinski definition) is 5.